The van der Waals surface area contributed by atoms with Crippen molar-refractivity contribution in [1.29, 1.82) is 0 Å². The molecule has 0 saturated carbocycles. The summed E-state index contributed by atoms with van der Waals surface area (Å²) in [5.74, 6) is 0.896. The van der Waals surface area contributed by atoms with Crippen molar-refractivity contribution >= 4 is 45.7 Å². The Morgan fingerprint density at radius 1 is 1.17 bits per heavy atom. The Kier molecular flexibility index (Phi) is 6.75. The van der Waals surface area contributed by atoms with Crippen LogP contribution >= 0.6 is 11.6 Å². The van der Waals surface area contributed by atoms with E-state index in [2.05, 4.69) is 25.4 Å². The molecule has 1 amide bonds. The normalized spacial score (nSPS) is 14.2. The first-order chi connectivity index (χ1) is 16.6. The third-order valence-electron chi connectivity index (χ3n) is 5.66. The van der Waals surface area contributed by atoms with Crippen molar-refractivity contribution in [3.05, 3.63) is 45.5 Å². The Morgan fingerprint density at radius 3 is 2.54 bits per heavy atom. The number of ether oxygens (including phenoxy) is 2. The van der Waals surface area contributed by atoms with Gasteiger partial charge in [0.15, 0.2) is 0 Å². The Morgan fingerprint density at radius 2 is 1.89 bits per heavy atom. The molecule has 3 heterocycles. The molecule has 3 aromatic rings. The van der Waals surface area contributed by atoms with E-state index in [0.29, 0.717) is 54.2 Å². The molecule has 0 unspecified atom stereocenters. The van der Waals surface area contributed by atoms with Crippen LogP contribution in [0.2, 0.25) is 5.15 Å². The lowest BCUT2D eigenvalue weighted by molar-refractivity contribution is 0.0240. The molecule has 0 bridgehead atoms. The molecule has 0 spiro atoms. The number of H-pyrrole nitrogens is 1. The van der Waals surface area contributed by atoms with Crippen LogP contribution in [0.25, 0.3) is 10.8 Å². The number of aryl methyl sites for hydroxylation is 1. The number of methoxy groups -OCH3 is 1. The number of nitrogens with one attached hydrogen (secondary N) is 2. The molecule has 0 radical (unpaired) electrons. The largest absolute Gasteiger partial charge is 0.494 e. The van der Waals surface area contributed by atoms with Gasteiger partial charge in [-0.25, -0.2) is 14.9 Å². The Labute approximate surface area is 208 Å². The molecule has 4 rings (SSSR count). The zero-order chi connectivity index (χ0) is 25.3. The Balaban J connectivity index is 1.57. The van der Waals surface area contributed by atoms with Crippen LogP contribution in [0.1, 0.15) is 26.3 Å². The van der Waals surface area contributed by atoms with E-state index in [9.17, 15) is 9.59 Å². The van der Waals surface area contributed by atoms with E-state index in [1.165, 1.54) is 6.20 Å². The SMILES string of the molecule is COc1cc(N2CCN(C(=O)OC(C)(C)C)CC2)c(C)cc1Nc1nc(Cl)cc2cn[nH]c(=O)c12. The maximum absolute atomic E-state index is 12.4. The molecular weight excluding hydrogens is 472 g/mol. The minimum Gasteiger partial charge on any atom is -0.494 e. The average Bonchev–Trinajstić information content (AvgIpc) is 2.78. The quantitative estimate of drug-likeness (QED) is 0.515. The number of piperazine rings is 1. The summed E-state index contributed by atoms with van der Waals surface area (Å²) in [6.07, 6.45) is 1.23. The number of nitrogens with zero attached hydrogens (tertiary/aromatic N) is 4. The van der Waals surface area contributed by atoms with Crippen LogP contribution in [0.5, 0.6) is 5.75 Å². The van der Waals surface area contributed by atoms with Crippen molar-refractivity contribution in [1.82, 2.24) is 20.1 Å². The molecule has 0 atom stereocenters. The second kappa shape index (κ2) is 9.61. The van der Waals surface area contributed by atoms with Gasteiger partial charge >= 0.3 is 6.09 Å². The van der Waals surface area contributed by atoms with Gasteiger partial charge in [-0.15, -0.1) is 0 Å². The topological polar surface area (TPSA) is 113 Å². The van der Waals surface area contributed by atoms with Crippen molar-refractivity contribution in [2.75, 3.05) is 43.5 Å². The smallest absolute Gasteiger partial charge is 0.410 e. The zero-order valence-corrected chi connectivity index (χ0v) is 21.2. The lowest BCUT2D eigenvalue weighted by atomic mass is 10.1. The molecule has 2 N–H and O–H groups in total. The van der Waals surface area contributed by atoms with E-state index < -0.39 is 5.60 Å². The van der Waals surface area contributed by atoms with Crippen LogP contribution in [0, 0.1) is 6.92 Å². The summed E-state index contributed by atoms with van der Waals surface area (Å²) in [4.78, 5) is 33.1. The molecule has 1 saturated heterocycles. The number of benzene rings is 1. The van der Waals surface area contributed by atoms with Gasteiger partial charge in [0.25, 0.3) is 5.56 Å². The molecule has 2 aromatic heterocycles. The predicted octanol–water partition coefficient (Wildman–Crippen LogP) is 4.09. The standard InChI is InChI=1S/C24H29ClN6O4/c1-14-10-16(27-21-20-15(11-19(25)28-21)13-26-29-22(20)32)18(34-5)12-17(14)30-6-8-31(9-7-30)23(33)35-24(2,3)4/h10-13H,6-9H2,1-5H3,(H,27,28)(H,29,32). The average molecular weight is 501 g/mol. The Hall–Kier alpha value is -3.53. The van der Waals surface area contributed by atoms with Gasteiger partial charge in [0.1, 0.15) is 22.3 Å². The van der Waals surface area contributed by atoms with Crippen molar-refractivity contribution in [2.45, 2.75) is 33.3 Å². The monoisotopic (exact) mass is 500 g/mol. The molecule has 11 heteroatoms. The lowest BCUT2D eigenvalue weighted by Gasteiger charge is -2.37. The van der Waals surface area contributed by atoms with Gasteiger partial charge in [-0.2, -0.15) is 5.10 Å². The second-order valence-corrected chi connectivity index (χ2v) is 9.76. The summed E-state index contributed by atoms with van der Waals surface area (Å²) in [6, 6.07) is 5.48. The summed E-state index contributed by atoms with van der Waals surface area (Å²) in [5.41, 5.74) is 1.76. The highest BCUT2D eigenvalue weighted by Gasteiger charge is 2.27. The fraction of sp³-hybridized carbons (Fsp3) is 0.417. The van der Waals surface area contributed by atoms with Crippen molar-refractivity contribution < 1.29 is 14.3 Å². The van der Waals surface area contributed by atoms with E-state index in [4.69, 9.17) is 21.1 Å². The number of carbonyl (C=O) groups excluding carboxylic acids is 1. The molecule has 0 aliphatic carbocycles. The zero-order valence-electron chi connectivity index (χ0n) is 20.4. The summed E-state index contributed by atoms with van der Waals surface area (Å²) in [6.45, 7) is 10.0. The minimum atomic E-state index is -0.522. The highest BCUT2D eigenvalue weighted by Crippen LogP contribution is 2.36. The van der Waals surface area contributed by atoms with Crippen LogP contribution in [0.3, 0.4) is 0 Å². The molecular formula is C24H29ClN6O4. The summed E-state index contributed by atoms with van der Waals surface area (Å²) < 4.78 is 11.2. The number of aromatic amines is 1. The van der Waals surface area contributed by atoms with Crippen LogP contribution in [-0.2, 0) is 4.74 Å². The van der Waals surface area contributed by atoms with E-state index in [1.54, 1.807) is 18.1 Å². The molecule has 186 valence electrons. The fourth-order valence-corrected chi connectivity index (χ4v) is 4.25. The number of pyridine rings is 1. The second-order valence-electron chi connectivity index (χ2n) is 9.38. The molecule has 10 nitrogen and oxygen atoms in total. The van der Waals surface area contributed by atoms with Crippen LogP contribution in [0.4, 0.5) is 22.0 Å². The van der Waals surface area contributed by atoms with Gasteiger partial charge in [0, 0.05) is 43.3 Å². The molecule has 1 aliphatic heterocycles. The van der Waals surface area contributed by atoms with Crippen LogP contribution < -0.4 is 20.5 Å². The summed E-state index contributed by atoms with van der Waals surface area (Å²) >= 11 is 6.18. The number of amides is 1. The number of hydrogen-bond acceptors (Lipinski definition) is 8. The molecule has 1 fully saturated rings. The van der Waals surface area contributed by atoms with Crippen LogP contribution in [0.15, 0.2) is 29.2 Å². The highest BCUT2D eigenvalue weighted by atomic mass is 35.5. The first-order valence-electron chi connectivity index (χ1n) is 11.3. The van der Waals surface area contributed by atoms with Gasteiger partial charge in [0.05, 0.1) is 24.4 Å². The van der Waals surface area contributed by atoms with E-state index in [-0.39, 0.29) is 16.8 Å². The van der Waals surface area contributed by atoms with Gasteiger partial charge in [-0.3, -0.25) is 4.79 Å². The van der Waals surface area contributed by atoms with Gasteiger partial charge in [0.2, 0.25) is 0 Å². The third kappa shape index (κ3) is 5.43. The van der Waals surface area contributed by atoms with Gasteiger partial charge < -0.3 is 24.6 Å². The minimum absolute atomic E-state index is 0.238. The molecule has 1 aliphatic rings. The number of aromatic nitrogens is 3. The first-order valence-corrected chi connectivity index (χ1v) is 11.7. The molecule has 35 heavy (non-hydrogen) atoms. The third-order valence-corrected chi connectivity index (χ3v) is 5.85. The van der Waals surface area contributed by atoms with Crippen molar-refractivity contribution in [2.24, 2.45) is 0 Å². The maximum atomic E-state index is 12.4. The van der Waals surface area contributed by atoms with Gasteiger partial charge in [-0.05, 0) is 45.4 Å². The van der Waals surface area contributed by atoms with Crippen LogP contribution in [-0.4, -0.2) is 65.1 Å². The summed E-state index contributed by atoms with van der Waals surface area (Å²) in [7, 11) is 1.58. The number of rotatable bonds is 4. The number of hydrogen-bond donors (Lipinski definition) is 2. The first kappa shape index (κ1) is 24.6. The number of halogens is 1. The molecule has 1 aromatic carbocycles. The van der Waals surface area contributed by atoms with Crippen molar-refractivity contribution in [3.63, 3.8) is 0 Å². The number of fused-ring (bicyclic) bond motifs is 1. The maximum Gasteiger partial charge on any atom is 0.410 e. The predicted molar refractivity (Wildman–Crippen MR) is 136 cm³/mol. The van der Waals surface area contributed by atoms with E-state index >= 15 is 0 Å². The Bertz CT molecular complexity index is 1310. The fourth-order valence-electron chi connectivity index (χ4n) is 4.05. The lowest BCUT2D eigenvalue weighted by Crippen LogP contribution is -2.50. The van der Waals surface area contributed by atoms with Gasteiger partial charge in [-0.1, -0.05) is 11.6 Å². The highest BCUT2D eigenvalue weighted by molar-refractivity contribution is 6.30. The number of anilines is 3. The van der Waals surface area contributed by atoms with E-state index in [1.807, 2.05) is 39.8 Å². The summed E-state index contributed by atoms with van der Waals surface area (Å²) in [5, 5.41) is 10.6. The van der Waals surface area contributed by atoms with Crippen molar-refractivity contribution in [3.8, 4) is 5.75 Å². The number of carbonyl (C=O) groups is 1. The van der Waals surface area contributed by atoms with E-state index in [0.717, 1.165) is 11.3 Å².